The van der Waals surface area contributed by atoms with Gasteiger partial charge in [-0.15, -0.1) is 0 Å². The number of hydrogen-bond acceptors (Lipinski definition) is 1. The molecule has 0 radical (unpaired) electrons. The average Bonchev–Trinajstić information content (AvgIpc) is 2.58. The molecule has 21 heavy (non-hydrogen) atoms. The lowest BCUT2D eigenvalue weighted by Crippen LogP contribution is -2.03. The molecule has 1 nitrogen and oxygen atoms in total. The highest BCUT2D eigenvalue weighted by Crippen LogP contribution is 2.27. The Bertz CT molecular complexity index is 672. The minimum Gasteiger partial charge on any atom is -0.372 e. The molecule has 3 aromatic carbocycles. The summed E-state index contributed by atoms with van der Waals surface area (Å²) in [6, 6.07) is 29.3. The molecule has 1 atom stereocenters. The van der Waals surface area contributed by atoms with Crippen LogP contribution in [0.1, 0.15) is 17.2 Å². The number of ether oxygens (including phenoxy) is 1. The number of hydrogen-bond donors (Lipinski definition) is 0. The molecule has 0 spiro atoms. The quantitative estimate of drug-likeness (QED) is 0.644. The second-order valence-electron chi connectivity index (χ2n) is 5.01. The summed E-state index contributed by atoms with van der Waals surface area (Å²) in [4.78, 5) is 0. The van der Waals surface area contributed by atoms with Crippen LogP contribution in [0.2, 0.25) is 0 Å². The van der Waals surface area contributed by atoms with E-state index >= 15 is 0 Å². The molecule has 0 amide bonds. The molecule has 0 saturated carbocycles. The first kappa shape index (κ1) is 13.6. The van der Waals surface area contributed by atoms with Gasteiger partial charge < -0.3 is 4.74 Å². The van der Waals surface area contributed by atoms with Gasteiger partial charge >= 0.3 is 0 Å². The van der Waals surface area contributed by atoms with Crippen LogP contribution in [0.3, 0.4) is 0 Å². The lowest BCUT2D eigenvalue weighted by atomic mass is 9.98. The van der Waals surface area contributed by atoms with Gasteiger partial charge in [0.15, 0.2) is 0 Å². The highest BCUT2D eigenvalue weighted by Gasteiger charge is 2.12. The Kier molecular flexibility index (Phi) is 4.13. The second-order valence-corrected chi connectivity index (χ2v) is 5.01. The van der Waals surface area contributed by atoms with Crippen LogP contribution in [0.25, 0.3) is 11.1 Å². The molecule has 1 heteroatoms. The number of methoxy groups -OCH3 is 1. The highest BCUT2D eigenvalue weighted by atomic mass is 16.5. The van der Waals surface area contributed by atoms with Crippen molar-refractivity contribution < 1.29 is 4.74 Å². The van der Waals surface area contributed by atoms with Crippen LogP contribution in [0, 0.1) is 0 Å². The fraction of sp³-hybridized carbons (Fsp3) is 0.100. The molecule has 0 N–H and O–H groups in total. The molecule has 0 aliphatic heterocycles. The van der Waals surface area contributed by atoms with E-state index in [0.29, 0.717) is 0 Å². The SMILES string of the molecule is CO[C@H](c1ccccc1)c1ccc(-c2ccccc2)cc1. The smallest absolute Gasteiger partial charge is 0.107 e. The third-order valence-corrected chi connectivity index (χ3v) is 3.66. The zero-order chi connectivity index (χ0) is 14.5. The van der Waals surface area contributed by atoms with E-state index in [-0.39, 0.29) is 6.10 Å². The summed E-state index contributed by atoms with van der Waals surface area (Å²) < 4.78 is 5.67. The second kappa shape index (κ2) is 6.38. The van der Waals surface area contributed by atoms with Crippen LogP contribution in [-0.2, 0) is 4.74 Å². The van der Waals surface area contributed by atoms with Gasteiger partial charge in [0, 0.05) is 7.11 Å². The Balaban J connectivity index is 1.90. The Hall–Kier alpha value is -2.38. The number of rotatable bonds is 4. The molecule has 104 valence electrons. The van der Waals surface area contributed by atoms with Crippen molar-refractivity contribution in [2.75, 3.05) is 7.11 Å². The molecule has 3 aromatic rings. The van der Waals surface area contributed by atoms with Gasteiger partial charge in [0.1, 0.15) is 6.10 Å². The Morgan fingerprint density at radius 2 is 1.05 bits per heavy atom. The predicted molar refractivity (Wildman–Crippen MR) is 87.2 cm³/mol. The molecule has 0 aliphatic rings. The van der Waals surface area contributed by atoms with E-state index in [2.05, 4.69) is 60.7 Å². The standard InChI is InChI=1S/C20H18O/c1-21-20(18-10-6-3-7-11-18)19-14-12-17(13-15-19)16-8-4-2-5-9-16/h2-15,20H,1H3/t20-/m1/s1. The van der Waals surface area contributed by atoms with Crippen LogP contribution in [0.15, 0.2) is 84.9 Å². The largest absolute Gasteiger partial charge is 0.372 e. The van der Waals surface area contributed by atoms with Crippen LogP contribution in [-0.4, -0.2) is 7.11 Å². The lowest BCUT2D eigenvalue weighted by Gasteiger charge is -2.16. The van der Waals surface area contributed by atoms with Crippen molar-refractivity contribution in [3.63, 3.8) is 0 Å². The summed E-state index contributed by atoms with van der Waals surface area (Å²) in [5.41, 5.74) is 4.80. The van der Waals surface area contributed by atoms with E-state index < -0.39 is 0 Å². The topological polar surface area (TPSA) is 9.23 Å². The monoisotopic (exact) mass is 274 g/mol. The van der Waals surface area contributed by atoms with Crippen molar-refractivity contribution in [2.24, 2.45) is 0 Å². The molecule has 0 aromatic heterocycles. The van der Waals surface area contributed by atoms with Crippen molar-refractivity contribution in [3.05, 3.63) is 96.1 Å². The van der Waals surface area contributed by atoms with Crippen LogP contribution in [0.5, 0.6) is 0 Å². The first-order chi connectivity index (χ1) is 10.4. The Morgan fingerprint density at radius 3 is 1.62 bits per heavy atom. The zero-order valence-corrected chi connectivity index (χ0v) is 12.1. The predicted octanol–water partition coefficient (Wildman–Crippen LogP) is 5.09. The van der Waals surface area contributed by atoms with E-state index in [9.17, 15) is 0 Å². The summed E-state index contributed by atoms with van der Waals surface area (Å²) in [5, 5.41) is 0. The normalized spacial score (nSPS) is 12.0. The van der Waals surface area contributed by atoms with Crippen molar-refractivity contribution in [2.45, 2.75) is 6.10 Å². The molecule has 0 saturated heterocycles. The molecule has 0 bridgehead atoms. The highest BCUT2D eigenvalue weighted by molar-refractivity contribution is 5.63. The summed E-state index contributed by atoms with van der Waals surface area (Å²) in [6.07, 6.45) is -0.0176. The molecule has 0 heterocycles. The Morgan fingerprint density at radius 1 is 0.571 bits per heavy atom. The first-order valence-corrected chi connectivity index (χ1v) is 7.11. The summed E-state index contributed by atoms with van der Waals surface area (Å²) in [5.74, 6) is 0. The van der Waals surface area contributed by atoms with E-state index in [0.717, 1.165) is 0 Å². The van der Waals surface area contributed by atoms with Gasteiger partial charge in [-0.2, -0.15) is 0 Å². The van der Waals surface area contributed by atoms with Crippen molar-refractivity contribution >= 4 is 0 Å². The van der Waals surface area contributed by atoms with Gasteiger partial charge in [0.25, 0.3) is 0 Å². The molecule has 0 aliphatic carbocycles. The summed E-state index contributed by atoms with van der Waals surface area (Å²) >= 11 is 0. The maximum atomic E-state index is 5.67. The van der Waals surface area contributed by atoms with Gasteiger partial charge in [0.2, 0.25) is 0 Å². The maximum absolute atomic E-state index is 5.67. The van der Waals surface area contributed by atoms with E-state index in [1.807, 2.05) is 24.3 Å². The molecule has 3 rings (SSSR count). The summed E-state index contributed by atoms with van der Waals surface area (Å²) in [6.45, 7) is 0. The zero-order valence-electron chi connectivity index (χ0n) is 12.1. The summed E-state index contributed by atoms with van der Waals surface area (Å²) in [7, 11) is 1.75. The van der Waals surface area contributed by atoms with Gasteiger partial charge in [-0.05, 0) is 22.3 Å². The van der Waals surface area contributed by atoms with Gasteiger partial charge in [-0.1, -0.05) is 84.9 Å². The molecule has 0 unspecified atom stereocenters. The fourth-order valence-corrected chi connectivity index (χ4v) is 2.57. The van der Waals surface area contributed by atoms with E-state index in [1.54, 1.807) is 7.11 Å². The van der Waals surface area contributed by atoms with Gasteiger partial charge in [-0.25, -0.2) is 0 Å². The van der Waals surface area contributed by atoms with Gasteiger partial charge in [-0.3, -0.25) is 0 Å². The van der Waals surface area contributed by atoms with Gasteiger partial charge in [0.05, 0.1) is 0 Å². The maximum Gasteiger partial charge on any atom is 0.107 e. The fourth-order valence-electron chi connectivity index (χ4n) is 2.57. The first-order valence-electron chi connectivity index (χ1n) is 7.11. The van der Waals surface area contributed by atoms with Crippen LogP contribution >= 0.6 is 0 Å². The van der Waals surface area contributed by atoms with E-state index in [4.69, 9.17) is 4.74 Å². The van der Waals surface area contributed by atoms with Crippen LogP contribution < -0.4 is 0 Å². The average molecular weight is 274 g/mol. The molecular formula is C20H18O. The minimum absolute atomic E-state index is 0.0176. The Labute approximate surface area is 125 Å². The van der Waals surface area contributed by atoms with Crippen molar-refractivity contribution in [1.29, 1.82) is 0 Å². The van der Waals surface area contributed by atoms with Crippen molar-refractivity contribution in [1.82, 2.24) is 0 Å². The van der Waals surface area contributed by atoms with E-state index in [1.165, 1.54) is 22.3 Å². The van der Waals surface area contributed by atoms with Crippen molar-refractivity contribution in [3.8, 4) is 11.1 Å². The molecule has 0 fully saturated rings. The minimum atomic E-state index is -0.0176. The molecular weight excluding hydrogens is 256 g/mol. The van der Waals surface area contributed by atoms with Crippen LogP contribution in [0.4, 0.5) is 0 Å². The lowest BCUT2D eigenvalue weighted by molar-refractivity contribution is 0.136. The number of benzene rings is 3. The third kappa shape index (κ3) is 3.04. The third-order valence-electron chi connectivity index (χ3n) is 3.66.